The van der Waals surface area contributed by atoms with Gasteiger partial charge in [-0.3, -0.25) is 9.97 Å². The van der Waals surface area contributed by atoms with Gasteiger partial charge in [-0.25, -0.2) is 15.0 Å². The maximum absolute atomic E-state index is 5.00. The summed E-state index contributed by atoms with van der Waals surface area (Å²) in [5.74, 6) is 1.89. The Bertz CT molecular complexity index is 2300. The van der Waals surface area contributed by atoms with Crippen molar-refractivity contribution in [2.75, 3.05) is 0 Å². The zero-order valence-electron chi connectivity index (χ0n) is 26.0. The first-order chi connectivity index (χ1) is 23.8. The van der Waals surface area contributed by atoms with Crippen LogP contribution in [0.3, 0.4) is 0 Å². The molecule has 8 aromatic rings. The van der Waals surface area contributed by atoms with Crippen molar-refractivity contribution < 1.29 is 0 Å². The predicted octanol–water partition coefficient (Wildman–Crippen LogP) is 10.3. The number of hydrogen-bond acceptors (Lipinski definition) is 5. The van der Waals surface area contributed by atoms with E-state index >= 15 is 0 Å². The van der Waals surface area contributed by atoms with Crippen molar-refractivity contribution in [1.29, 1.82) is 0 Å². The zero-order chi connectivity index (χ0) is 32.1. The van der Waals surface area contributed by atoms with Gasteiger partial charge in [0.1, 0.15) is 0 Å². The van der Waals surface area contributed by atoms with E-state index in [-0.39, 0.29) is 0 Å². The minimum Gasteiger partial charge on any atom is -0.264 e. The van der Waals surface area contributed by atoms with Crippen LogP contribution in [0, 0.1) is 0 Å². The van der Waals surface area contributed by atoms with Crippen LogP contribution in [0.4, 0.5) is 0 Å². The molecule has 0 unspecified atom stereocenters. The first-order valence-electron chi connectivity index (χ1n) is 15.8. The molecule has 0 fully saturated rings. The second-order valence-corrected chi connectivity index (χ2v) is 11.5. The number of benzene rings is 5. The van der Waals surface area contributed by atoms with E-state index in [1.807, 2.05) is 60.9 Å². The molecule has 0 aliphatic carbocycles. The Morgan fingerprint density at radius 3 is 1.38 bits per heavy atom. The molecule has 0 N–H and O–H groups in total. The van der Waals surface area contributed by atoms with Crippen molar-refractivity contribution in [3.63, 3.8) is 0 Å². The fourth-order valence-electron chi connectivity index (χ4n) is 5.76. The molecule has 0 bridgehead atoms. The first kappa shape index (κ1) is 28.9. The Kier molecular flexibility index (Phi) is 7.83. The van der Waals surface area contributed by atoms with Crippen molar-refractivity contribution in [3.8, 4) is 78.8 Å². The molecule has 0 amide bonds. The number of hydrogen-bond donors (Lipinski definition) is 0. The standard InChI is InChI=1S/C43H29N5/c1-3-10-30(11-4-1)31-19-21-33(22-20-31)42-46-41(32-12-5-2-6-13-32)47-43(48-42)37-17-8-15-35(27-37)34-14-7-16-36(26-34)40-24-23-39(29-45-40)38-18-9-25-44-28-38/h1-29H. The Morgan fingerprint density at radius 2 is 0.750 bits per heavy atom. The van der Waals surface area contributed by atoms with Crippen molar-refractivity contribution in [1.82, 2.24) is 24.9 Å². The maximum atomic E-state index is 5.00. The molecular formula is C43H29N5. The molecule has 0 aliphatic rings. The highest BCUT2D eigenvalue weighted by Gasteiger charge is 2.14. The van der Waals surface area contributed by atoms with Crippen molar-refractivity contribution in [2.24, 2.45) is 0 Å². The summed E-state index contributed by atoms with van der Waals surface area (Å²) in [5, 5.41) is 0. The third-order valence-electron chi connectivity index (χ3n) is 8.29. The summed E-state index contributed by atoms with van der Waals surface area (Å²) < 4.78 is 0. The first-order valence-corrected chi connectivity index (χ1v) is 15.8. The lowest BCUT2D eigenvalue weighted by atomic mass is 9.99. The van der Waals surface area contributed by atoms with Gasteiger partial charge in [-0.2, -0.15) is 0 Å². The van der Waals surface area contributed by atoms with Gasteiger partial charge in [-0.05, 0) is 46.5 Å². The third kappa shape index (κ3) is 6.13. The maximum Gasteiger partial charge on any atom is 0.164 e. The van der Waals surface area contributed by atoms with E-state index in [0.29, 0.717) is 17.5 Å². The molecule has 3 aromatic heterocycles. The highest BCUT2D eigenvalue weighted by atomic mass is 15.0. The van der Waals surface area contributed by atoms with Gasteiger partial charge in [0.2, 0.25) is 0 Å². The van der Waals surface area contributed by atoms with Gasteiger partial charge >= 0.3 is 0 Å². The molecule has 0 radical (unpaired) electrons. The number of nitrogens with zero attached hydrogens (tertiary/aromatic N) is 5. The number of rotatable bonds is 7. The van der Waals surface area contributed by atoms with Crippen molar-refractivity contribution >= 4 is 0 Å². The molecule has 0 saturated heterocycles. The summed E-state index contributed by atoms with van der Waals surface area (Å²) in [4.78, 5) is 23.9. The molecule has 226 valence electrons. The van der Waals surface area contributed by atoms with Gasteiger partial charge in [0.05, 0.1) is 5.69 Å². The van der Waals surface area contributed by atoms with Gasteiger partial charge in [-0.1, -0.05) is 133 Å². The molecule has 8 rings (SSSR count). The highest BCUT2D eigenvalue weighted by Crippen LogP contribution is 2.31. The highest BCUT2D eigenvalue weighted by molar-refractivity contribution is 5.76. The summed E-state index contributed by atoms with van der Waals surface area (Å²) in [7, 11) is 0. The van der Waals surface area contributed by atoms with Crippen LogP contribution in [-0.2, 0) is 0 Å². The third-order valence-corrected chi connectivity index (χ3v) is 8.29. The molecule has 5 heteroatoms. The Labute approximate surface area is 279 Å². The molecular weight excluding hydrogens is 587 g/mol. The van der Waals surface area contributed by atoms with Gasteiger partial charge in [0, 0.05) is 52.0 Å². The molecule has 0 aliphatic heterocycles. The van der Waals surface area contributed by atoms with Crippen LogP contribution in [0.5, 0.6) is 0 Å². The van der Waals surface area contributed by atoms with Gasteiger partial charge in [0.15, 0.2) is 17.5 Å². The quantitative estimate of drug-likeness (QED) is 0.178. The van der Waals surface area contributed by atoms with Crippen LogP contribution in [0.2, 0.25) is 0 Å². The van der Waals surface area contributed by atoms with Crippen LogP contribution >= 0.6 is 0 Å². The molecule has 0 saturated carbocycles. The Morgan fingerprint density at radius 1 is 0.292 bits per heavy atom. The van der Waals surface area contributed by atoms with Crippen LogP contribution in [-0.4, -0.2) is 24.9 Å². The minimum absolute atomic E-state index is 0.622. The van der Waals surface area contributed by atoms with Gasteiger partial charge in [0.25, 0.3) is 0 Å². The topological polar surface area (TPSA) is 64.5 Å². The molecule has 5 aromatic carbocycles. The molecule has 5 nitrogen and oxygen atoms in total. The number of pyridine rings is 2. The molecule has 0 atom stereocenters. The second kappa shape index (κ2) is 13.0. The van der Waals surface area contributed by atoms with Crippen molar-refractivity contribution in [3.05, 3.63) is 176 Å². The number of aromatic nitrogens is 5. The predicted molar refractivity (Wildman–Crippen MR) is 193 cm³/mol. The summed E-state index contributed by atoms with van der Waals surface area (Å²) in [6, 6.07) is 53.7. The second-order valence-electron chi connectivity index (χ2n) is 11.5. The lowest BCUT2D eigenvalue weighted by Gasteiger charge is -2.11. The normalized spacial score (nSPS) is 10.9. The van der Waals surface area contributed by atoms with Gasteiger partial charge in [-0.15, -0.1) is 0 Å². The van der Waals surface area contributed by atoms with Crippen LogP contribution in [0.1, 0.15) is 0 Å². The largest absolute Gasteiger partial charge is 0.264 e. The summed E-state index contributed by atoms with van der Waals surface area (Å²) in [6.45, 7) is 0. The van der Waals surface area contributed by atoms with E-state index in [0.717, 1.165) is 55.8 Å². The average Bonchev–Trinajstić information content (AvgIpc) is 3.19. The van der Waals surface area contributed by atoms with E-state index in [2.05, 4.69) is 114 Å². The Balaban J connectivity index is 1.14. The SMILES string of the molecule is c1ccc(-c2ccc(-c3nc(-c4ccccc4)nc(-c4cccc(-c5cccc(-c6ccc(-c7cccnc7)cn6)c5)c4)n3)cc2)cc1. The van der Waals surface area contributed by atoms with E-state index in [9.17, 15) is 0 Å². The lowest BCUT2D eigenvalue weighted by Crippen LogP contribution is -2.00. The van der Waals surface area contributed by atoms with E-state index in [1.165, 1.54) is 5.56 Å². The summed E-state index contributed by atoms with van der Waals surface area (Å²) in [5.41, 5.74) is 11.3. The zero-order valence-corrected chi connectivity index (χ0v) is 26.0. The monoisotopic (exact) mass is 615 g/mol. The fraction of sp³-hybridized carbons (Fsp3) is 0. The Hall–Kier alpha value is -6.59. The molecule has 48 heavy (non-hydrogen) atoms. The smallest absolute Gasteiger partial charge is 0.164 e. The van der Waals surface area contributed by atoms with E-state index in [4.69, 9.17) is 19.9 Å². The van der Waals surface area contributed by atoms with Crippen LogP contribution < -0.4 is 0 Å². The fourth-order valence-corrected chi connectivity index (χ4v) is 5.76. The van der Waals surface area contributed by atoms with E-state index < -0.39 is 0 Å². The van der Waals surface area contributed by atoms with Crippen LogP contribution in [0.15, 0.2) is 176 Å². The van der Waals surface area contributed by atoms with E-state index in [1.54, 1.807) is 6.20 Å². The summed E-state index contributed by atoms with van der Waals surface area (Å²) in [6.07, 6.45) is 5.53. The van der Waals surface area contributed by atoms with Gasteiger partial charge < -0.3 is 0 Å². The minimum atomic E-state index is 0.622. The van der Waals surface area contributed by atoms with Crippen molar-refractivity contribution in [2.45, 2.75) is 0 Å². The molecule has 0 spiro atoms. The molecule has 3 heterocycles. The lowest BCUT2D eigenvalue weighted by molar-refractivity contribution is 1.07. The summed E-state index contributed by atoms with van der Waals surface area (Å²) >= 11 is 0. The average molecular weight is 616 g/mol. The van der Waals surface area contributed by atoms with Crippen LogP contribution in [0.25, 0.3) is 78.8 Å².